The summed E-state index contributed by atoms with van der Waals surface area (Å²) in [6, 6.07) is 9.28. The summed E-state index contributed by atoms with van der Waals surface area (Å²) in [6.45, 7) is 0. The molecule has 70 valence electrons. The van der Waals surface area contributed by atoms with Crippen molar-refractivity contribution in [3.63, 3.8) is 0 Å². The van der Waals surface area contributed by atoms with Gasteiger partial charge in [-0.1, -0.05) is 12.1 Å². The highest BCUT2D eigenvalue weighted by molar-refractivity contribution is 5.92. The lowest BCUT2D eigenvalue weighted by Gasteiger charge is -2.05. The number of carbonyl (C=O) groups excluding carboxylic acids is 1. The first-order valence-corrected chi connectivity index (χ1v) is 4.49. The zero-order chi connectivity index (χ0) is 10.2. The Morgan fingerprint density at radius 2 is 1.93 bits per heavy atom. The molecule has 3 nitrogen and oxygen atoms in total. The second-order valence-electron chi connectivity index (χ2n) is 3.64. The summed E-state index contributed by atoms with van der Waals surface area (Å²) in [5.74, 6) is -0.432. The van der Waals surface area contributed by atoms with E-state index >= 15 is 0 Å². The van der Waals surface area contributed by atoms with Gasteiger partial charge in [0.05, 0.1) is 11.5 Å². The molecule has 1 aromatic carbocycles. The predicted molar refractivity (Wildman–Crippen MR) is 51.5 cm³/mol. The summed E-state index contributed by atoms with van der Waals surface area (Å²) in [5.41, 5.74) is 6.31. The topological polar surface area (TPSA) is 66.9 Å². The minimum Gasteiger partial charge on any atom is -0.366 e. The number of rotatable bonds is 2. The van der Waals surface area contributed by atoms with Crippen molar-refractivity contribution in [3.8, 4) is 6.07 Å². The minimum atomic E-state index is -0.432. The highest BCUT2D eigenvalue weighted by atomic mass is 16.1. The van der Waals surface area contributed by atoms with Crippen molar-refractivity contribution >= 4 is 5.91 Å². The van der Waals surface area contributed by atoms with Crippen molar-refractivity contribution in [1.82, 2.24) is 0 Å². The summed E-state index contributed by atoms with van der Waals surface area (Å²) in [4.78, 5) is 10.8. The van der Waals surface area contributed by atoms with Gasteiger partial charge in [0, 0.05) is 5.56 Å². The molecule has 2 N–H and O–H groups in total. The van der Waals surface area contributed by atoms with E-state index in [-0.39, 0.29) is 5.41 Å². The van der Waals surface area contributed by atoms with E-state index in [0.29, 0.717) is 5.56 Å². The van der Waals surface area contributed by atoms with Crippen molar-refractivity contribution in [2.45, 2.75) is 18.3 Å². The van der Waals surface area contributed by atoms with Gasteiger partial charge in [0.2, 0.25) is 5.91 Å². The van der Waals surface area contributed by atoms with Crippen LogP contribution in [-0.4, -0.2) is 5.91 Å². The van der Waals surface area contributed by atoms with Gasteiger partial charge in [0.25, 0.3) is 0 Å². The monoisotopic (exact) mass is 186 g/mol. The maximum Gasteiger partial charge on any atom is 0.248 e. The molecule has 0 atom stereocenters. The first-order valence-electron chi connectivity index (χ1n) is 4.49. The quantitative estimate of drug-likeness (QED) is 0.757. The fourth-order valence-electron chi connectivity index (χ4n) is 1.54. The molecule has 0 bridgehead atoms. The zero-order valence-electron chi connectivity index (χ0n) is 7.66. The van der Waals surface area contributed by atoms with Crippen LogP contribution in [0, 0.1) is 11.3 Å². The van der Waals surface area contributed by atoms with Crippen LogP contribution in [0.5, 0.6) is 0 Å². The first-order chi connectivity index (χ1) is 6.68. The molecule has 2 rings (SSSR count). The predicted octanol–water partition coefficient (Wildman–Crippen LogP) is 1.34. The van der Waals surface area contributed by atoms with Crippen LogP contribution in [-0.2, 0) is 5.41 Å². The summed E-state index contributed by atoms with van der Waals surface area (Å²) in [7, 11) is 0. The number of carbonyl (C=O) groups is 1. The second kappa shape index (κ2) is 2.85. The van der Waals surface area contributed by atoms with E-state index in [9.17, 15) is 4.79 Å². The van der Waals surface area contributed by atoms with Crippen molar-refractivity contribution in [3.05, 3.63) is 35.4 Å². The molecular formula is C11H10N2O. The van der Waals surface area contributed by atoms with Crippen molar-refractivity contribution in [1.29, 1.82) is 5.26 Å². The Morgan fingerprint density at radius 3 is 2.29 bits per heavy atom. The lowest BCUT2D eigenvalue weighted by atomic mass is 9.97. The molecule has 1 amide bonds. The van der Waals surface area contributed by atoms with Gasteiger partial charge in [0.1, 0.15) is 0 Å². The van der Waals surface area contributed by atoms with E-state index in [1.807, 2.05) is 12.1 Å². The number of primary amides is 1. The average Bonchev–Trinajstić information content (AvgIpc) is 2.99. The molecule has 1 aliphatic carbocycles. The lowest BCUT2D eigenvalue weighted by Crippen LogP contribution is -2.11. The molecule has 1 saturated carbocycles. The Kier molecular flexibility index (Phi) is 1.78. The van der Waals surface area contributed by atoms with Crippen molar-refractivity contribution < 1.29 is 4.79 Å². The SMILES string of the molecule is N#CC1(c2ccc(C(N)=O)cc2)CC1. The first kappa shape index (κ1) is 8.76. The minimum absolute atomic E-state index is 0.282. The molecule has 14 heavy (non-hydrogen) atoms. The van der Waals surface area contributed by atoms with Gasteiger partial charge in [-0.05, 0) is 30.5 Å². The summed E-state index contributed by atoms with van der Waals surface area (Å²) in [5, 5.41) is 8.95. The third-order valence-corrected chi connectivity index (χ3v) is 2.69. The van der Waals surface area contributed by atoms with Gasteiger partial charge in [-0.2, -0.15) is 5.26 Å². The van der Waals surface area contributed by atoms with Crippen LogP contribution in [0.15, 0.2) is 24.3 Å². The van der Waals surface area contributed by atoms with Crippen molar-refractivity contribution in [2.75, 3.05) is 0 Å². The second-order valence-corrected chi connectivity index (χ2v) is 3.64. The number of nitriles is 1. The largest absolute Gasteiger partial charge is 0.366 e. The molecule has 0 aromatic heterocycles. The Labute approximate surface area is 82.1 Å². The molecule has 0 saturated heterocycles. The van der Waals surface area contributed by atoms with E-state index in [1.165, 1.54) is 0 Å². The lowest BCUT2D eigenvalue weighted by molar-refractivity contribution is 0.100. The number of hydrogen-bond acceptors (Lipinski definition) is 2. The Bertz CT molecular complexity index is 410. The van der Waals surface area contributed by atoms with Crippen LogP contribution in [0.4, 0.5) is 0 Å². The van der Waals surface area contributed by atoms with Gasteiger partial charge in [-0.25, -0.2) is 0 Å². The maximum absolute atomic E-state index is 10.8. The summed E-state index contributed by atoms with van der Waals surface area (Å²) < 4.78 is 0. The molecule has 0 heterocycles. The van der Waals surface area contributed by atoms with E-state index in [2.05, 4.69) is 6.07 Å². The number of amides is 1. The normalized spacial score (nSPS) is 17.1. The van der Waals surface area contributed by atoms with E-state index in [0.717, 1.165) is 18.4 Å². The zero-order valence-corrected chi connectivity index (χ0v) is 7.66. The van der Waals surface area contributed by atoms with Gasteiger partial charge < -0.3 is 5.73 Å². The molecule has 1 fully saturated rings. The number of nitrogens with two attached hydrogens (primary N) is 1. The van der Waals surface area contributed by atoms with Gasteiger partial charge in [-0.3, -0.25) is 4.79 Å². The molecule has 1 aromatic rings. The number of benzene rings is 1. The average molecular weight is 186 g/mol. The Hall–Kier alpha value is -1.82. The third-order valence-electron chi connectivity index (χ3n) is 2.69. The van der Waals surface area contributed by atoms with Gasteiger partial charge in [0.15, 0.2) is 0 Å². The van der Waals surface area contributed by atoms with Crippen LogP contribution in [0.25, 0.3) is 0 Å². The fraction of sp³-hybridized carbons (Fsp3) is 0.273. The summed E-state index contributed by atoms with van der Waals surface area (Å²) >= 11 is 0. The highest BCUT2D eigenvalue weighted by Crippen LogP contribution is 2.47. The van der Waals surface area contributed by atoms with E-state index in [1.54, 1.807) is 12.1 Å². The highest BCUT2D eigenvalue weighted by Gasteiger charge is 2.44. The number of nitrogens with zero attached hydrogens (tertiary/aromatic N) is 1. The van der Waals surface area contributed by atoms with E-state index < -0.39 is 5.91 Å². The maximum atomic E-state index is 10.8. The standard InChI is InChI=1S/C11H10N2O/c12-7-11(5-6-11)9-3-1-8(2-4-9)10(13)14/h1-4H,5-6H2,(H2,13,14). The Balaban J connectivity index is 2.32. The molecule has 0 radical (unpaired) electrons. The van der Waals surface area contributed by atoms with Crippen LogP contribution < -0.4 is 5.73 Å². The van der Waals surface area contributed by atoms with Gasteiger partial charge in [-0.15, -0.1) is 0 Å². The smallest absolute Gasteiger partial charge is 0.248 e. The van der Waals surface area contributed by atoms with Crippen LogP contribution >= 0.6 is 0 Å². The van der Waals surface area contributed by atoms with Crippen molar-refractivity contribution in [2.24, 2.45) is 5.73 Å². The summed E-state index contributed by atoms with van der Waals surface area (Å²) in [6.07, 6.45) is 1.83. The van der Waals surface area contributed by atoms with E-state index in [4.69, 9.17) is 11.0 Å². The molecular weight excluding hydrogens is 176 g/mol. The van der Waals surface area contributed by atoms with Crippen LogP contribution in [0.2, 0.25) is 0 Å². The fourth-order valence-corrected chi connectivity index (χ4v) is 1.54. The van der Waals surface area contributed by atoms with Crippen LogP contribution in [0.3, 0.4) is 0 Å². The van der Waals surface area contributed by atoms with Crippen LogP contribution in [0.1, 0.15) is 28.8 Å². The Morgan fingerprint density at radius 1 is 1.36 bits per heavy atom. The molecule has 0 unspecified atom stereocenters. The molecule has 0 spiro atoms. The van der Waals surface area contributed by atoms with Gasteiger partial charge >= 0.3 is 0 Å². The number of hydrogen-bond donors (Lipinski definition) is 1. The molecule has 0 aliphatic heterocycles. The molecule has 3 heteroatoms. The molecule has 1 aliphatic rings. The third kappa shape index (κ3) is 1.25.